The number of rotatable bonds is 3. The molecule has 6 nitrogen and oxygen atoms in total. The Bertz CT molecular complexity index is 852. The molecule has 1 fully saturated rings. The van der Waals surface area contributed by atoms with E-state index in [1.54, 1.807) is 11.0 Å². The van der Waals surface area contributed by atoms with Gasteiger partial charge in [-0.05, 0) is 61.6 Å². The van der Waals surface area contributed by atoms with Gasteiger partial charge in [0.25, 0.3) is 11.8 Å². The van der Waals surface area contributed by atoms with Gasteiger partial charge in [-0.15, -0.1) is 22.7 Å². The lowest BCUT2D eigenvalue weighted by Crippen LogP contribution is -2.49. The SMILES string of the molecule is O=C(NNC(=O)[C@@H]1CCCN(C(=O)c2cccs2)C1)c1cc2c(s1)CCCC2. The first-order valence-electron chi connectivity index (χ1n) is 9.66. The summed E-state index contributed by atoms with van der Waals surface area (Å²) in [7, 11) is 0. The number of hydrogen-bond donors (Lipinski definition) is 2. The average Bonchev–Trinajstić information content (AvgIpc) is 3.41. The summed E-state index contributed by atoms with van der Waals surface area (Å²) in [5.41, 5.74) is 6.37. The summed E-state index contributed by atoms with van der Waals surface area (Å²) < 4.78 is 0. The van der Waals surface area contributed by atoms with Crippen molar-refractivity contribution in [2.24, 2.45) is 5.92 Å². The largest absolute Gasteiger partial charge is 0.337 e. The number of carbonyl (C=O) groups is 3. The summed E-state index contributed by atoms with van der Waals surface area (Å²) in [6.07, 6.45) is 5.90. The van der Waals surface area contributed by atoms with Crippen molar-refractivity contribution in [3.8, 4) is 0 Å². The van der Waals surface area contributed by atoms with Crippen molar-refractivity contribution in [1.29, 1.82) is 0 Å². The van der Waals surface area contributed by atoms with Gasteiger partial charge in [0.05, 0.1) is 15.7 Å². The second-order valence-corrected chi connectivity index (χ2v) is 9.36. The zero-order valence-corrected chi connectivity index (χ0v) is 17.2. The van der Waals surface area contributed by atoms with Gasteiger partial charge in [-0.25, -0.2) is 0 Å². The normalized spacial score (nSPS) is 19.0. The molecule has 148 valence electrons. The molecule has 2 N–H and O–H groups in total. The van der Waals surface area contributed by atoms with Crippen LogP contribution >= 0.6 is 22.7 Å². The fraction of sp³-hybridized carbons (Fsp3) is 0.450. The van der Waals surface area contributed by atoms with E-state index >= 15 is 0 Å². The molecule has 1 aliphatic carbocycles. The van der Waals surface area contributed by atoms with Gasteiger partial charge < -0.3 is 4.90 Å². The van der Waals surface area contributed by atoms with Crippen LogP contribution in [0.3, 0.4) is 0 Å². The third-order valence-corrected chi connectivity index (χ3v) is 7.42. The number of hydrogen-bond acceptors (Lipinski definition) is 5. The van der Waals surface area contributed by atoms with Gasteiger partial charge in [0.15, 0.2) is 0 Å². The molecule has 3 amide bonds. The Kier molecular flexibility index (Phi) is 5.77. The van der Waals surface area contributed by atoms with Gasteiger partial charge >= 0.3 is 0 Å². The summed E-state index contributed by atoms with van der Waals surface area (Å²) in [6.45, 7) is 1.04. The first-order valence-corrected chi connectivity index (χ1v) is 11.4. The van der Waals surface area contributed by atoms with E-state index in [1.807, 2.05) is 17.5 Å². The summed E-state index contributed by atoms with van der Waals surface area (Å²) in [6, 6.07) is 5.60. The van der Waals surface area contributed by atoms with Crippen LogP contribution in [0.5, 0.6) is 0 Å². The lowest BCUT2D eigenvalue weighted by Gasteiger charge is -2.31. The fourth-order valence-corrected chi connectivity index (χ4v) is 5.66. The minimum atomic E-state index is -0.311. The molecule has 1 aliphatic heterocycles. The molecule has 2 aliphatic rings. The Hall–Kier alpha value is -2.19. The van der Waals surface area contributed by atoms with Crippen LogP contribution < -0.4 is 10.9 Å². The van der Waals surface area contributed by atoms with E-state index in [4.69, 9.17) is 0 Å². The Balaban J connectivity index is 1.31. The van der Waals surface area contributed by atoms with E-state index in [2.05, 4.69) is 10.9 Å². The maximum absolute atomic E-state index is 12.5. The molecule has 4 rings (SSSR count). The maximum Gasteiger partial charge on any atom is 0.279 e. The van der Waals surface area contributed by atoms with Gasteiger partial charge in [-0.3, -0.25) is 25.2 Å². The van der Waals surface area contributed by atoms with Crippen LogP contribution in [0.1, 0.15) is 55.5 Å². The standard InChI is InChI=1S/C20H23N3O3S2/c24-18(14-6-3-9-23(12-14)20(26)16-8-4-10-27-16)21-22-19(25)17-11-13-5-1-2-7-15(13)28-17/h4,8,10-11,14H,1-3,5-7,9,12H2,(H,21,24)(H,22,25)/t14-/m1/s1. The Morgan fingerprint density at radius 3 is 2.71 bits per heavy atom. The number of piperidine rings is 1. The number of hydrazine groups is 1. The van der Waals surface area contributed by atoms with E-state index < -0.39 is 0 Å². The fourth-order valence-electron chi connectivity index (χ4n) is 3.82. The number of amides is 3. The van der Waals surface area contributed by atoms with Crippen molar-refractivity contribution in [3.63, 3.8) is 0 Å². The summed E-state index contributed by atoms with van der Waals surface area (Å²) >= 11 is 2.93. The molecule has 0 radical (unpaired) electrons. The van der Waals surface area contributed by atoms with Gasteiger partial charge in [-0.1, -0.05) is 6.07 Å². The van der Waals surface area contributed by atoms with Crippen molar-refractivity contribution in [2.45, 2.75) is 38.5 Å². The molecule has 8 heteroatoms. The number of fused-ring (bicyclic) bond motifs is 1. The Morgan fingerprint density at radius 2 is 1.93 bits per heavy atom. The number of aryl methyl sites for hydroxylation is 2. The van der Waals surface area contributed by atoms with Crippen molar-refractivity contribution in [3.05, 3.63) is 43.8 Å². The second kappa shape index (κ2) is 8.45. The first kappa shape index (κ1) is 19.1. The third kappa shape index (κ3) is 4.12. The highest BCUT2D eigenvalue weighted by Gasteiger charge is 2.29. The van der Waals surface area contributed by atoms with E-state index in [1.165, 1.54) is 46.0 Å². The molecular weight excluding hydrogens is 394 g/mol. The Morgan fingerprint density at radius 1 is 1.07 bits per heavy atom. The van der Waals surface area contributed by atoms with Crippen LogP contribution in [0, 0.1) is 5.92 Å². The monoisotopic (exact) mass is 417 g/mol. The van der Waals surface area contributed by atoms with Gasteiger partial charge in [0.1, 0.15) is 0 Å². The number of likely N-dealkylation sites (tertiary alicyclic amines) is 1. The van der Waals surface area contributed by atoms with Crippen molar-refractivity contribution in [1.82, 2.24) is 15.8 Å². The van der Waals surface area contributed by atoms with Crippen LogP contribution in [-0.4, -0.2) is 35.7 Å². The summed E-state index contributed by atoms with van der Waals surface area (Å²) in [4.78, 5) is 41.8. The highest BCUT2D eigenvalue weighted by molar-refractivity contribution is 7.14. The molecule has 0 aromatic carbocycles. The van der Waals surface area contributed by atoms with Crippen LogP contribution in [0.25, 0.3) is 0 Å². The highest BCUT2D eigenvalue weighted by atomic mass is 32.1. The van der Waals surface area contributed by atoms with Crippen LogP contribution in [-0.2, 0) is 17.6 Å². The van der Waals surface area contributed by atoms with Gasteiger partial charge in [0, 0.05) is 18.0 Å². The second-order valence-electron chi connectivity index (χ2n) is 7.28. The molecule has 2 aromatic heterocycles. The smallest absolute Gasteiger partial charge is 0.279 e. The molecule has 3 heterocycles. The van der Waals surface area contributed by atoms with Crippen molar-refractivity contribution >= 4 is 40.4 Å². The van der Waals surface area contributed by atoms with Crippen molar-refractivity contribution < 1.29 is 14.4 Å². The third-order valence-electron chi connectivity index (χ3n) is 5.33. The predicted octanol–water partition coefficient (Wildman–Crippen LogP) is 3.00. The summed E-state index contributed by atoms with van der Waals surface area (Å²) in [5, 5.41) is 1.87. The minimum absolute atomic E-state index is 0.0271. The lowest BCUT2D eigenvalue weighted by atomic mass is 9.97. The first-order chi connectivity index (χ1) is 13.6. The molecule has 28 heavy (non-hydrogen) atoms. The number of nitrogens with one attached hydrogen (secondary N) is 2. The zero-order chi connectivity index (χ0) is 19.5. The lowest BCUT2D eigenvalue weighted by molar-refractivity contribution is -0.127. The molecule has 0 saturated carbocycles. The predicted molar refractivity (Wildman–Crippen MR) is 110 cm³/mol. The molecule has 1 atom stereocenters. The topological polar surface area (TPSA) is 78.5 Å². The number of nitrogens with zero attached hydrogens (tertiary/aromatic N) is 1. The number of thiophene rings is 2. The highest BCUT2D eigenvalue weighted by Crippen LogP contribution is 2.29. The molecule has 0 unspecified atom stereocenters. The summed E-state index contributed by atoms with van der Waals surface area (Å²) in [5.74, 6) is -0.844. The quantitative estimate of drug-likeness (QED) is 0.754. The molecule has 0 bridgehead atoms. The average molecular weight is 418 g/mol. The number of carbonyl (C=O) groups excluding carboxylic acids is 3. The molecule has 1 saturated heterocycles. The molecule has 0 spiro atoms. The van der Waals surface area contributed by atoms with Gasteiger partial charge in [0.2, 0.25) is 5.91 Å². The zero-order valence-electron chi connectivity index (χ0n) is 15.5. The van der Waals surface area contributed by atoms with E-state index in [0.29, 0.717) is 29.3 Å². The van der Waals surface area contributed by atoms with Crippen molar-refractivity contribution in [2.75, 3.05) is 13.1 Å². The Labute approximate surface area is 171 Å². The van der Waals surface area contributed by atoms with Crippen LogP contribution in [0.4, 0.5) is 0 Å². The molecule has 2 aromatic rings. The van der Waals surface area contributed by atoms with E-state index in [0.717, 1.165) is 19.3 Å². The van der Waals surface area contributed by atoms with Crippen LogP contribution in [0.2, 0.25) is 0 Å². The van der Waals surface area contributed by atoms with E-state index in [9.17, 15) is 14.4 Å². The van der Waals surface area contributed by atoms with E-state index in [-0.39, 0.29) is 23.6 Å². The molecular formula is C20H23N3O3S2. The van der Waals surface area contributed by atoms with Gasteiger partial charge in [-0.2, -0.15) is 0 Å². The maximum atomic E-state index is 12.5. The minimum Gasteiger partial charge on any atom is -0.337 e. The van der Waals surface area contributed by atoms with Crippen LogP contribution in [0.15, 0.2) is 23.6 Å².